The van der Waals surface area contributed by atoms with Crippen LogP contribution in [0.1, 0.15) is 31.2 Å². The number of thioether (sulfide) groups is 1. The molecule has 1 N–H and O–H groups in total. The number of benzene rings is 1. The SMILES string of the molecule is CSC1CCCCC1NCc1cccc(Cl)c1Cl. The van der Waals surface area contributed by atoms with Crippen LogP contribution in [-0.2, 0) is 6.54 Å². The molecule has 1 fully saturated rings. The minimum Gasteiger partial charge on any atom is -0.309 e. The third kappa shape index (κ3) is 3.57. The van der Waals surface area contributed by atoms with E-state index in [1.807, 2.05) is 30.0 Å². The molecule has 0 spiro atoms. The van der Waals surface area contributed by atoms with Crippen LogP contribution in [-0.4, -0.2) is 17.5 Å². The smallest absolute Gasteiger partial charge is 0.0637 e. The van der Waals surface area contributed by atoms with Crippen molar-refractivity contribution in [3.63, 3.8) is 0 Å². The Bertz CT molecular complexity index is 397. The topological polar surface area (TPSA) is 12.0 Å². The van der Waals surface area contributed by atoms with E-state index in [1.54, 1.807) is 0 Å². The van der Waals surface area contributed by atoms with E-state index in [0.717, 1.165) is 17.4 Å². The molecule has 0 radical (unpaired) electrons. The first-order valence-electron chi connectivity index (χ1n) is 6.41. The highest BCUT2D eigenvalue weighted by Crippen LogP contribution is 2.29. The highest BCUT2D eigenvalue weighted by molar-refractivity contribution is 7.99. The van der Waals surface area contributed by atoms with Crippen molar-refractivity contribution < 1.29 is 0 Å². The summed E-state index contributed by atoms with van der Waals surface area (Å²) in [7, 11) is 0. The number of hydrogen-bond donors (Lipinski definition) is 1. The van der Waals surface area contributed by atoms with Crippen LogP contribution >= 0.6 is 35.0 Å². The molecule has 18 heavy (non-hydrogen) atoms. The van der Waals surface area contributed by atoms with E-state index in [4.69, 9.17) is 23.2 Å². The summed E-state index contributed by atoms with van der Waals surface area (Å²) in [4.78, 5) is 0. The van der Waals surface area contributed by atoms with Crippen molar-refractivity contribution in [1.82, 2.24) is 5.32 Å². The molecule has 0 bridgehead atoms. The minimum absolute atomic E-state index is 0.601. The molecule has 1 aromatic rings. The normalized spacial score (nSPS) is 24.2. The average Bonchev–Trinajstić information content (AvgIpc) is 2.41. The Balaban J connectivity index is 1.96. The maximum atomic E-state index is 6.20. The summed E-state index contributed by atoms with van der Waals surface area (Å²) in [6.45, 7) is 0.807. The molecule has 1 nitrogen and oxygen atoms in total. The summed E-state index contributed by atoms with van der Waals surface area (Å²) >= 11 is 14.2. The Kier molecular flexibility index (Phi) is 5.68. The third-order valence-corrected chi connectivity index (χ3v) is 5.62. The van der Waals surface area contributed by atoms with Crippen LogP contribution in [0.2, 0.25) is 10.0 Å². The van der Waals surface area contributed by atoms with Crippen molar-refractivity contribution in [2.75, 3.05) is 6.26 Å². The fourth-order valence-corrected chi connectivity index (χ4v) is 3.89. The summed E-state index contributed by atoms with van der Waals surface area (Å²) < 4.78 is 0. The van der Waals surface area contributed by atoms with E-state index in [1.165, 1.54) is 25.7 Å². The first-order valence-corrected chi connectivity index (χ1v) is 8.46. The molecule has 0 aromatic heterocycles. The van der Waals surface area contributed by atoms with Crippen LogP contribution in [0.3, 0.4) is 0 Å². The maximum Gasteiger partial charge on any atom is 0.0637 e. The standard InChI is InChI=1S/C14H19Cl2NS/c1-18-13-8-3-2-7-12(13)17-9-10-5-4-6-11(15)14(10)16/h4-6,12-13,17H,2-3,7-9H2,1H3. The van der Waals surface area contributed by atoms with Gasteiger partial charge in [0, 0.05) is 17.8 Å². The Morgan fingerprint density at radius 3 is 2.83 bits per heavy atom. The molecule has 0 saturated heterocycles. The molecule has 100 valence electrons. The van der Waals surface area contributed by atoms with Gasteiger partial charge in [-0.2, -0.15) is 11.8 Å². The van der Waals surface area contributed by atoms with Crippen molar-refractivity contribution in [3.8, 4) is 0 Å². The zero-order chi connectivity index (χ0) is 13.0. The van der Waals surface area contributed by atoms with E-state index < -0.39 is 0 Å². The van der Waals surface area contributed by atoms with Crippen LogP contribution in [0.5, 0.6) is 0 Å². The van der Waals surface area contributed by atoms with Crippen molar-refractivity contribution in [2.45, 2.75) is 43.5 Å². The highest BCUT2D eigenvalue weighted by Gasteiger charge is 2.23. The van der Waals surface area contributed by atoms with Gasteiger partial charge in [0.1, 0.15) is 0 Å². The molecular weight excluding hydrogens is 285 g/mol. The van der Waals surface area contributed by atoms with Gasteiger partial charge >= 0.3 is 0 Å². The van der Waals surface area contributed by atoms with Crippen LogP contribution in [0.4, 0.5) is 0 Å². The lowest BCUT2D eigenvalue weighted by Crippen LogP contribution is -2.39. The first-order chi connectivity index (χ1) is 8.72. The molecule has 1 aromatic carbocycles. The van der Waals surface area contributed by atoms with Gasteiger partial charge in [-0.15, -0.1) is 0 Å². The predicted octanol–water partition coefficient (Wildman–Crippen LogP) is 4.76. The largest absolute Gasteiger partial charge is 0.309 e. The lowest BCUT2D eigenvalue weighted by molar-refractivity contribution is 0.383. The predicted molar refractivity (Wildman–Crippen MR) is 82.9 cm³/mol. The van der Waals surface area contributed by atoms with Gasteiger partial charge in [0.05, 0.1) is 10.0 Å². The van der Waals surface area contributed by atoms with Crippen LogP contribution in [0, 0.1) is 0 Å². The van der Waals surface area contributed by atoms with Crippen molar-refractivity contribution in [2.24, 2.45) is 0 Å². The van der Waals surface area contributed by atoms with Crippen molar-refractivity contribution in [3.05, 3.63) is 33.8 Å². The zero-order valence-electron chi connectivity index (χ0n) is 10.6. The molecule has 4 heteroatoms. The van der Waals surface area contributed by atoms with Crippen LogP contribution in [0.15, 0.2) is 18.2 Å². The van der Waals surface area contributed by atoms with Gasteiger partial charge in [0.15, 0.2) is 0 Å². The Hall–Kier alpha value is 0.110. The van der Waals surface area contributed by atoms with Gasteiger partial charge in [0.25, 0.3) is 0 Å². The number of hydrogen-bond acceptors (Lipinski definition) is 2. The van der Waals surface area contributed by atoms with Gasteiger partial charge in [-0.25, -0.2) is 0 Å². The first kappa shape index (κ1) is 14.5. The van der Waals surface area contributed by atoms with Crippen LogP contribution in [0.25, 0.3) is 0 Å². The van der Waals surface area contributed by atoms with Gasteiger partial charge in [-0.3, -0.25) is 0 Å². The van der Waals surface area contributed by atoms with Crippen molar-refractivity contribution in [1.29, 1.82) is 0 Å². The summed E-state index contributed by atoms with van der Waals surface area (Å²) in [6.07, 6.45) is 7.49. The second kappa shape index (κ2) is 7.04. The third-order valence-electron chi connectivity index (χ3n) is 3.59. The number of halogens is 2. The second-order valence-corrected chi connectivity index (χ2v) is 6.62. The zero-order valence-corrected chi connectivity index (χ0v) is 12.9. The Morgan fingerprint density at radius 2 is 2.06 bits per heavy atom. The lowest BCUT2D eigenvalue weighted by Gasteiger charge is -2.31. The Morgan fingerprint density at radius 1 is 1.28 bits per heavy atom. The summed E-state index contributed by atoms with van der Waals surface area (Å²) in [5.41, 5.74) is 1.09. The summed E-state index contributed by atoms with van der Waals surface area (Å²) in [5, 5.41) is 5.70. The quantitative estimate of drug-likeness (QED) is 0.861. The molecule has 2 atom stereocenters. The van der Waals surface area contributed by atoms with Crippen LogP contribution < -0.4 is 5.32 Å². The molecule has 2 unspecified atom stereocenters. The average molecular weight is 304 g/mol. The highest BCUT2D eigenvalue weighted by atomic mass is 35.5. The molecule has 0 amide bonds. The fourth-order valence-electron chi connectivity index (χ4n) is 2.54. The van der Waals surface area contributed by atoms with E-state index >= 15 is 0 Å². The maximum absolute atomic E-state index is 6.20. The van der Waals surface area contributed by atoms with E-state index in [2.05, 4.69) is 11.6 Å². The monoisotopic (exact) mass is 303 g/mol. The molecular formula is C14H19Cl2NS. The summed E-state index contributed by atoms with van der Waals surface area (Å²) in [5.74, 6) is 0. The van der Waals surface area contributed by atoms with Gasteiger partial charge in [-0.1, -0.05) is 48.2 Å². The Labute approximate surface area is 124 Å². The molecule has 0 aliphatic heterocycles. The molecule has 0 heterocycles. The van der Waals surface area contributed by atoms with Gasteiger partial charge in [-0.05, 0) is 30.7 Å². The number of rotatable bonds is 4. The molecule has 2 rings (SSSR count). The van der Waals surface area contributed by atoms with Gasteiger partial charge < -0.3 is 5.32 Å². The fraction of sp³-hybridized carbons (Fsp3) is 0.571. The molecule has 1 aliphatic carbocycles. The second-order valence-electron chi connectivity index (χ2n) is 4.76. The lowest BCUT2D eigenvalue weighted by atomic mass is 9.94. The summed E-state index contributed by atoms with van der Waals surface area (Å²) in [6, 6.07) is 6.43. The molecule has 1 saturated carbocycles. The van der Waals surface area contributed by atoms with Gasteiger partial charge in [0.2, 0.25) is 0 Å². The van der Waals surface area contributed by atoms with Crippen molar-refractivity contribution >= 4 is 35.0 Å². The van der Waals surface area contributed by atoms with E-state index in [-0.39, 0.29) is 0 Å². The van der Waals surface area contributed by atoms with E-state index in [0.29, 0.717) is 16.1 Å². The molecule has 1 aliphatic rings. The number of nitrogens with one attached hydrogen (secondary N) is 1. The van der Waals surface area contributed by atoms with E-state index in [9.17, 15) is 0 Å². The minimum atomic E-state index is 0.601.